The van der Waals surface area contributed by atoms with Crippen molar-refractivity contribution in [1.82, 2.24) is 10.2 Å². The lowest BCUT2D eigenvalue weighted by atomic mass is 10.2. The second kappa shape index (κ2) is 4.38. The summed E-state index contributed by atoms with van der Waals surface area (Å²) >= 11 is 1.25. The first-order valence-electron chi connectivity index (χ1n) is 4.69. The van der Waals surface area contributed by atoms with Gasteiger partial charge in [-0.1, -0.05) is 11.3 Å². The van der Waals surface area contributed by atoms with Gasteiger partial charge in [-0.15, -0.1) is 10.2 Å². The molecule has 1 amide bonds. The van der Waals surface area contributed by atoms with Crippen LogP contribution in [0.5, 0.6) is 11.5 Å². The number of anilines is 1. The van der Waals surface area contributed by atoms with Crippen molar-refractivity contribution in [1.29, 1.82) is 0 Å². The lowest BCUT2D eigenvalue weighted by Gasteiger charge is -2.02. The van der Waals surface area contributed by atoms with Crippen molar-refractivity contribution in [3.05, 3.63) is 28.8 Å². The summed E-state index contributed by atoms with van der Waals surface area (Å²) < 4.78 is 0. The predicted octanol–water partition coefficient (Wildman–Crippen LogP) is 1.51. The molecule has 1 aromatic heterocycles. The molecule has 7 heteroatoms. The lowest BCUT2D eigenvalue weighted by Crippen LogP contribution is -2.11. The van der Waals surface area contributed by atoms with E-state index in [0.717, 1.165) is 5.01 Å². The first-order valence-corrected chi connectivity index (χ1v) is 5.51. The van der Waals surface area contributed by atoms with Gasteiger partial charge in [-0.05, 0) is 25.1 Å². The number of aromatic hydroxyl groups is 2. The Morgan fingerprint density at radius 1 is 1.29 bits per heavy atom. The fraction of sp³-hybridized carbons (Fsp3) is 0.100. The zero-order chi connectivity index (χ0) is 12.4. The van der Waals surface area contributed by atoms with E-state index in [0.29, 0.717) is 5.13 Å². The standard InChI is InChI=1S/C10H9N3O3S/c1-5-12-13-10(17-5)11-9(16)6-2-3-7(14)8(15)4-6/h2-4,14-15H,1H3,(H,11,13,16). The van der Waals surface area contributed by atoms with Crippen molar-refractivity contribution in [2.75, 3.05) is 5.32 Å². The van der Waals surface area contributed by atoms with E-state index in [1.165, 1.54) is 29.5 Å². The van der Waals surface area contributed by atoms with Gasteiger partial charge in [0.1, 0.15) is 5.01 Å². The summed E-state index contributed by atoms with van der Waals surface area (Å²) in [7, 11) is 0. The first kappa shape index (κ1) is 11.3. The van der Waals surface area contributed by atoms with Crippen LogP contribution in [0.3, 0.4) is 0 Å². The number of phenols is 2. The molecule has 0 fully saturated rings. The number of phenolic OH excluding ortho intramolecular Hbond substituents is 2. The van der Waals surface area contributed by atoms with Crippen LogP contribution >= 0.6 is 11.3 Å². The molecular weight excluding hydrogens is 242 g/mol. The van der Waals surface area contributed by atoms with Gasteiger partial charge in [0.05, 0.1) is 0 Å². The molecule has 0 aliphatic heterocycles. The molecule has 17 heavy (non-hydrogen) atoms. The van der Waals surface area contributed by atoms with Crippen LogP contribution in [0.2, 0.25) is 0 Å². The van der Waals surface area contributed by atoms with Crippen LogP contribution < -0.4 is 5.32 Å². The molecule has 1 aromatic carbocycles. The number of nitrogens with one attached hydrogen (secondary N) is 1. The van der Waals surface area contributed by atoms with Gasteiger partial charge < -0.3 is 10.2 Å². The number of hydrogen-bond donors (Lipinski definition) is 3. The summed E-state index contributed by atoms with van der Waals surface area (Å²) in [4.78, 5) is 11.7. The third kappa shape index (κ3) is 2.51. The Morgan fingerprint density at radius 3 is 2.65 bits per heavy atom. The first-order chi connectivity index (χ1) is 8.06. The van der Waals surface area contributed by atoms with Gasteiger partial charge in [0, 0.05) is 5.56 Å². The Morgan fingerprint density at radius 2 is 2.06 bits per heavy atom. The van der Waals surface area contributed by atoms with Gasteiger partial charge in [-0.2, -0.15) is 0 Å². The van der Waals surface area contributed by atoms with Crippen molar-refractivity contribution in [3.8, 4) is 11.5 Å². The molecule has 0 radical (unpaired) electrons. The molecular formula is C10H9N3O3S. The zero-order valence-electron chi connectivity index (χ0n) is 8.84. The molecule has 6 nitrogen and oxygen atoms in total. The molecule has 2 rings (SSSR count). The van der Waals surface area contributed by atoms with Gasteiger partial charge in [-0.25, -0.2) is 0 Å². The van der Waals surface area contributed by atoms with Gasteiger partial charge in [0.2, 0.25) is 5.13 Å². The molecule has 0 atom stereocenters. The highest BCUT2D eigenvalue weighted by Crippen LogP contribution is 2.25. The molecule has 88 valence electrons. The average molecular weight is 251 g/mol. The Balaban J connectivity index is 2.17. The Kier molecular flexibility index (Phi) is 2.92. The van der Waals surface area contributed by atoms with Crippen molar-refractivity contribution < 1.29 is 15.0 Å². The van der Waals surface area contributed by atoms with Crippen LogP contribution in [-0.2, 0) is 0 Å². The number of carbonyl (C=O) groups excluding carboxylic acids is 1. The monoisotopic (exact) mass is 251 g/mol. The van der Waals surface area contributed by atoms with Gasteiger partial charge in [0.25, 0.3) is 5.91 Å². The van der Waals surface area contributed by atoms with E-state index in [2.05, 4.69) is 15.5 Å². The molecule has 3 N–H and O–H groups in total. The Hall–Kier alpha value is -2.15. The Labute approximate surface area is 101 Å². The summed E-state index contributed by atoms with van der Waals surface area (Å²) in [6.07, 6.45) is 0. The van der Waals surface area contributed by atoms with Gasteiger partial charge in [0.15, 0.2) is 11.5 Å². The van der Waals surface area contributed by atoms with E-state index in [9.17, 15) is 9.90 Å². The molecule has 1 heterocycles. The molecule has 2 aromatic rings. The van der Waals surface area contributed by atoms with Gasteiger partial charge in [-0.3, -0.25) is 10.1 Å². The molecule has 0 aliphatic carbocycles. The number of carbonyl (C=O) groups is 1. The molecule has 0 aliphatic rings. The highest BCUT2D eigenvalue weighted by Gasteiger charge is 2.11. The third-order valence-electron chi connectivity index (χ3n) is 1.98. The summed E-state index contributed by atoms with van der Waals surface area (Å²) in [5.74, 6) is -1.03. The summed E-state index contributed by atoms with van der Waals surface area (Å²) in [6, 6.07) is 3.83. The van der Waals surface area contributed by atoms with Crippen LogP contribution in [0.15, 0.2) is 18.2 Å². The smallest absolute Gasteiger partial charge is 0.257 e. The normalized spacial score (nSPS) is 10.2. The third-order valence-corrected chi connectivity index (χ3v) is 2.74. The Bertz CT molecular complexity index is 568. The predicted molar refractivity (Wildman–Crippen MR) is 62.4 cm³/mol. The van der Waals surface area contributed by atoms with Crippen LogP contribution in [0.1, 0.15) is 15.4 Å². The number of benzene rings is 1. The van der Waals surface area contributed by atoms with Crippen LogP contribution in [0, 0.1) is 6.92 Å². The lowest BCUT2D eigenvalue weighted by molar-refractivity contribution is 0.102. The van der Waals surface area contributed by atoms with Crippen LogP contribution in [0.25, 0.3) is 0 Å². The van der Waals surface area contributed by atoms with E-state index in [1.54, 1.807) is 6.92 Å². The zero-order valence-corrected chi connectivity index (χ0v) is 9.65. The fourth-order valence-electron chi connectivity index (χ4n) is 1.18. The fourth-order valence-corrected chi connectivity index (χ4v) is 1.77. The van der Waals surface area contributed by atoms with Crippen LogP contribution in [0.4, 0.5) is 5.13 Å². The maximum Gasteiger partial charge on any atom is 0.257 e. The molecule has 0 spiro atoms. The second-order valence-electron chi connectivity index (χ2n) is 3.28. The quantitative estimate of drug-likeness (QED) is 0.703. The summed E-state index contributed by atoms with van der Waals surface area (Å²) in [5.41, 5.74) is 0.230. The topological polar surface area (TPSA) is 95.3 Å². The number of amides is 1. The maximum absolute atomic E-state index is 11.7. The summed E-state index contributed by atoms with van der Waals surface area (Å²) in [5, 5.41) is 29.6. The van der Waals surface area contributed by atoms with E-state index >= 15 is 0 Å². The summed E-state index contributed by atoms with van der Waals surface area (Å²) in [6.45, 7) is 1.78. The molecule has 0 saturated heterocycles. The van der Waals surface area contributed by atoms with Crippen molar-refractivity contribution in [2.45, 2.75) is 6.92 Å². The highest BCUT2D eigenvalue weighted by molar-refractivity contribution is 7.15. The minimum Gasteiger partial charge on any atom is -0.504 e. The number of hydrogen-bond acceptors (Lipinski definition) is 6. The minimum absolute atomic E-state index is 0.230. The van der Waals surface area contributed by atoms with Crippen molar-refractivity contribution in [2.24, 2.45) is 0 Å². The van der Waals surface area contributed by atoms with Crippen molar-refractivity contribution in [3.63, 3.8) is 0 Å². The largest absolute Gasteiger partial charge is 0.504 e. The number of aryl methyl sites for hydroxylation is 1. The second-order valence-corrected chi connectivity index (χ2v) is 4.47. The molecule has 0 unspecified atom stereocenters. The maximum atomic E-state index is 11.7. The van der Waals surface area contributed by atoms with E-state index in [1.807, 2.05) is 0 Å². The number of rotatable bonds is 2. The van der Waals surface area contributed by atoms with E-state index < -0.39 is 5.91 Å². The molecule has 0 saturated carbocycles. The van der Waals surface area contributed by atoms with Gasteiger partial charge >= 0.3 is 0 Å². The average Bonchev–Trinajstić information content (AvgIpc) is 2.68. The van der Waals surface area contributed by atoms with E-state index in [4.69, 9.17) is 5.11 Å². The van der Waals surface area contributed by atoms with E-state index in [-0.39, 0.29) is 17.1 Å². The number of aromatic nitrogens is 2. The van der Waals surface area contributed by atoms with Crippen LogP contribution in [-0.4, -0.2) is 26.3 Å². The number of nitrogens with zero attached hydrogens (tertiary/aromatic N) is 2. The highest BCUT2D eigenvalue weighted by atomic mass is 32.1. The minimum atomic E-state index is -0.420. The molecule has 0 bridgehead atoms. The SMILES string of the molecule is Cc1nnc(NC(=O)c2ccc(O)c(O)c2)s1. The van der Waals surface area contributed by atoms with Crippen molar-refractivity contribution >= 4 is 22.4 Å².